The van der Waals surface area contributed by atoms with Crippen molar-refractivity contribution < 1.29 is 27.6 Å². The monoisotopic (exact) mass is 406 g/mol. The second kappa shape index (κ2) is 8.05. The lowest BCUT2D eigenvalue weighted by Gasteiger charge is -2.26. The topological polar surface area (TPSA) is 116 Å². The Morgan fingerprint density at radius 3 is 2.29 bits per heavy atom. The molecule has 9 nitrogen and oxygen atoms in total. The second-order valence-electron chi connectivity index (χ2n) is 6.02. The van der Waals surface area contributed by atoms with E-state index in [1.54, 1.807) is 0 Å². The van der Waals surface area contributed by atoms with Crippen LogP contribution in [0.25, 0.3) is 0 Å². The van der Waals surface area contributed by atoms with Gasteiger partial charge in [-0.3, -0.25) is 14.9 Å². The van der Waals surface area contributed by atoms with Crippen molar-refractivity contribution in [1.29, 1.82) is 0 Å². The van der Waals surface area contributed by atoms with E-state index in [4.69, 9.17) is 9.47 Å². The van der Waals surface area contributed by atoms with Crippen LogP contribution >= 0.6 is 0 Å². The van der Waals surface area contributed by atoms with Crippen LogP contribution in [-0.2, 0) is 14.8 Å². The molecule has 1 aliphatic rings. The van der Waals surface area contributed by atoms with Gasteiger partial charge in [-0.15, -0.1) is 0 Å². The van der Waals surface area contributed by atoms with Gasteiger partial charge in [0.05, 0.1) is 25.2 Å². The van der Waals surface area contributed by atoms with Crippen molar-refractivity contribution in [2.45, 2.75) is 4.90 Å². The first-order chi connectivity index (χ1) is 13.3. The van der Waals surface area contributed by atoms with Crippen molar-refractivity contribution in [3.8, 4) is 5.75 Å². The van der Waals surface area contributed by atoms with Crippen molar-refractivity contribution in [3.05, 3.63) is 63.7 Å². The fraction of sp³-hybridized carbons (Fsp3) is 0.278. The third kappa shape index (κ3) is 3.88. The molecule has 28 heavy (non-hydrogen) atoms. The van der Waals surface area contributed by atoms with E-state index in [1.165, 1.54) is 53.9 Å². The summed E-state index contributed by atoms with van der Waals surface area (Å²) in [6.45, 7) is 1.02. The molecule has 1 heterocycles. The minimum absolute atomic E-state index is 0.107. The normalized spacial score (nSPS) is 15.2. The van der Waals surface area contributed by atoms with E-state index < -0.39 is 20.7 Å². The molecule has 0 atom stereocenters. The predicted molar refractivity (Wildman–Crippen MR) is 99.1 cm³/mol. The Morgan fingerprint density at radius 2 is 1.71 bits per heavy atom. The number of nitro benzene ring substituents is 1. The molecule has 0 amide bonds. The molecule has 1 fully saturated rings. The van der Waals surface area contributed by atoms with Gasteiger partial charge >= 0.3 is 0 Å². The third-order valence-corrected chi connectivity index (χ3v) is 6.27. The van der Waals surface area contributed by atoms with Crippen molar-refractivity contribution in [1.82, 2.24) is 4.31 Å². The van der Waals surface area contributed by atoms with E-state index in [1.807, 2.05) is 0 Å². The number of ether oxygens (including phenoxy) is 2. The lowest BCUT2D eigenvalue weighted by atomic mass is 10.0. The second-order valence-corrected chi connectivity index (χ2v) is 7.92. The van der Waals surface area contributed by atoms with Crippen LogP contribution in [0.1, 0.15) is 15.9 Å². The van der Waals surface area contributed by atoms with Gasteiger partial charge in [0, 0.05) is 36.3 Å². The van der Waals surface area contributed by atoms with Crippen LogP contribution in [0.15, 0.2) is 47.4 Å². The molecule has 3 rings (SSSR count). The molecule has 2 aromatic rings. The molecule has 0 saturated carbocycles. The van der Waals surface area contributed by atoms with E-state index in [9.17, 15) is 23.3 Å². The molecule has 1 aliphatic heterocycles. The van der Waals surface area contributed by atoms with Gasteiger partial charge in [0.25, 0.3) is 5.69 Å². The van der Waals surface area contributed by atoms with Crippen LogP contribution in [0.2, 0.25) is 0 Å². The van der Waals surface area contributed by atoms with Gasteiger partial charge in [-0.25, -0.2) is 8.42 Å². The molecule has 0 aliphatic carbocycles. The molecule has 0 N–H and O–H groups in total. The fourth-order valence-electron chi connectivity index (χ4n) is 2.85. The van der Waals surface area contributed by atoms with Gasteiger partial charge in [0.15, 0.2) is 5.78 Å². The molecular weight excluding hydrogens is 388 g/mol. The van der Waals surface area contributed by atoms with E-state index in [0.717, 1.165) is 0 Å². The molecule has 0 aromatic heterocycles. The molecule has 2 aromatic carbocycles. The largest absolute Gasteiger partial charge is 0.495 e. The standard InChI is InChI=1S/C18H18N2O7S/c1-26-16-7-4-14(18(21)13-2-5-15(6-3-13)20(22)23)12-17(16)28(24,25)19-8-10-27-11-9-19/h2-7,12H,8-11H2,1H3. The number of hydrogen-bond acceptors (Lipinski definition) is 7. The number of rotatable bonds is 6. The van der Waals surface area contributed by atoms with Crippen LogP contribution in [0.3, 0.4) is 0 Å². The number of benzene rings is 2. The van der Waals surface area contributed by atoms with Gasteiger partial charge < -0.3 is 9.47 Å². The first kappa shape index (κ1) is 19.9. The lowest BCUT2D eigenvalue weighted by Crippen LogP contribution is -2.40. The van der Waals surface area contributed by atoms with E-state index in [2.05, 4.69) is 0 Å². The number of sulfonamides is 1. The highest BCUT2D eigenvalue weighted by molar-refractivity contribution is 7.89. The number of non-ortho nitro benzene ring substituents is 1. The first-order valence-electron chi connectivity index (χ1n) is 8.39. The Kier molecular flexibility index (Phi) is 5.73. The van der Waals surface area contributed by atoms with E-state index >= 15 is 0 Å². The number of carbonyl (C=O) groups excluding carboxylic acids is 1. The summed E-state index contributed by atoms with van der Waals surface area (Å²) in [7, 11) is -2.52. The Hall–Kier alpha value is -2.82. The predicted octanol–water partition coefficient (Wildman–Crippen LogP) is 1.86. The van der Waals surface area contributed by atoms with Crippen LogP contribution in [0.5, 0.6) is 5.75 Å². The highest BCUT2D eigenvalue weighted by atomic mass is 32.2. The Bertz CT molecular complexity index is 997. The van der Waals surface area contributed by atoms with Gasteiger partial charge in [0.2, 0.25) is 10.0 Å². The van der Waals surface area contributed by atoms with Gasteiger partial charge in [0.1, 0.15) is 10.6 Å². The fourth-order valence-corrected chi connectivity index (χ4v) is 4.44. The minimum atomic E-state index is -3.87. The molecule has 1 saturated heterocycles. The Balaban J connectivity index is 1.98. The maximum atomic E-state index is 13.0. The zero-order valence-electron chi connectivity index (χ0n) is 15.0. The SMILES string of the molecule is COc1ccc(C(=O)c2ccc([N+](=O)[O-])cc2)cc1S(=O)(=O)N1CCOCC1. The van der Waals surface area contributed by atoms with Crippen molar-refractivity contribution in [2.75, 3.05) is 33.4 Å². The molecule has 148 valence electrons. The third-order valence-electron chi connectivity index (χ3n) is 4.35. The van der Waals surface area contributed by atoms with Gasteiger partial charge in [-0.2, -0.15) is 4.31 Å². The zero-order valence-corrected chi connectivity index (χ0v) is 15.8. The highest BCUT2D eigenvalue weighted by Crippen LogP contribution is 2.29. The highest BCUT2D eigenvalue weighted by Gasteiger charge is 2.30. The number of hydrogen-bond donors (Lipinski definition) is 0. The summed E-state index contributed by atoms with van der Waals surface area (Å²) in [5.74, 6) is -0.317. The average Bonchev–Trinajstić information content (AvgIpc) is 2.73. The van der Waals surface area contributed by atoms with E-state index in [-0.39, 0.29) is 40.5 Å². The number of carbonyl (C=O) groups is 1. The average molecular weight is 406 g/mol. The number of methoxy groups -OCH3 is 1. The summed E-state index contributed by atoms with van der Waals surface area (Å²) < 4.78 is 37.7. The smallest absolute Gasteiger partial charge is 0.269 e. The quantitative estimate of drug-likeness (QED) is 0.408. The zero-order chi connectivity index (χ0) is 20.3. The van der Waals surface area contributed by atoms with Crippen molar-refractivity contribution in [3.63, 3.8) is 0 Å². The summed E-state index contributed by atoms with van der Waals surface area (Å²) in [4.78, 5) is 22.8. The number of ketones is 1. The van der Waals surface area contributed by atoms with Crippen molar-refractivity contribution in [2.24, 2.45) is 0 Å². The van der Waals surface area contributed by atoms with Crippen LogP contribution in [0, 0.1) is 10.1 Å². The number of morpholine rings is 1. The lowest BCUT2D eigenvalue weighted by molar-refractivity contribution is -0.384. The molecule has 0 radical (unpaired) electrons. The van der Waals surface area contributed by atoms with E-state index in [0.29, 0.717) is 13.2 Å². The van der Waals surface area contributed by atoms with Crippen LogP contribution < -0.4 is 4.74 Å². The van der Waals surface area contributed by atoms with Crippen molar-refractivity contribution >= 4 is 21.5 Å². The van der Waals surface area contributed by atoms with Gasteiger partial charge in [-0.05, 0) is 30.3 Å². The summed E-state index contributed by atoms with van der Waals surface area (Å²) in [5, 5.41) is 10.8. The van der Waals surface area contributed by atoms with Gasteiger partial charge in [-0.1, -0.05) is 0 Å². The summed E-state index contributed by atoms with van der Waals surface area (Å²) >= 11 is 0. The summed E-state index contributed by atoms with van der Waals surface area (Å²) in [6.07, 6.45) is 0. The minimum Gasteiger partial charge on any atom is -0.495 e. The summed E-state index contributed by atoms with van der Waals surface area (Å²) in [5.41, 5.74) is 0.217. The maximum absolute atomic E-state index is 13.0. The number of nitro groups is 1. The molecule has 10 heteroatoms. The van der Waals surface area contributed by atoms with Crippen LogP contribution in [0.4, 0.5) is 5.69 Å². The molecule has 0 bridgehead atoms. The molecule has 0 spiro atoms. The summed E-state index contributed by atoms with van der Waals surface area (Å²) in [6, 6.07) is 9.27. The number of nitrogens with zero attached hydrogens (tertiary/aromatic N) is 2. The Morgan fingerprint density at radius 1 is 1.11 bits per heavy atom. The Labute approximate surface area is 161 Å². The maximum Gasteiger partial charge on any atom is 0.269 e. The molecule has 0 unspecified atom stereocenters. The molecular formula is C18H18N2O7S. The first-order valence-corrected chi connectivity index (χ1v) is 9.83. The van der Waals surface area contributed by atoms with Crippen LogP contribution in [-0.4, -0.2) is 56.8 Å².